The molecule has 1 aliphatic rings. The summed E-state index contributed by atoms with van der Waals surface area (Å²) in [6.07, 6.45) is -7.01. The summed E-state index contributed by atoms with van der Waals surface area (Å²) in [4.78, 5) is 3.30. The van der Waals surface area contributed by atoms with Gasteiger partial charge in [-0.25, -0.2) is 0 Å². The van der Waals surface area contributed by atoms with Gasteiger partial charge in [0.05, 0.1) is 6.61 Å². The fourth-order valence-corrected chi connectivity index (χ4v) is 1.21. The molecule has 83 valence electrons. The van der Waals surface area contributed by atoms with Crippen molar-refractivity contribution in [3.63, 3.8) is 0 Å². The maximum Gasteiger partial charge on any atom is 0.155 e. The van der Waals surface area contributed by atoms with E-state index in [1.165, 1.54) is 0 Å². The van der Waals surface area contributed by atoms with Crippen LogP contribution in [0.25, 0.3) is 0 Å². The van der Waals surface area contributed by atoms with Crippen LogP contribution in [-0.4, -0.2) is 57.6 Å². The fourth-order valence-electron chi connectivity index (χ4n) is 1.21. The lowest BCUT2D eigenvalue weighted by atomic mass is 9.97. The smallest absolute Gasteiger partial charge is 0.155 e. The molecule has 7 heteroatoms. The highest BCUT2D eigenvalue weighted by atomic mass is 19.3. The zero-order valence-corrected chi connectivity index (χ0v) is 7.15. The van der Waals surface area contributed by atoms with Gasteiger partial charge in [0.2, 0.25) is 0 Å². The maximum atomic E-state index is 11.7. The topological polar surface area (TPSA) is 99.4 Å². The second-order valence-corrected chi connectivity index (χ2v) is 3.02. The van der Waals surface area contributed by atoms with Crippen LogP contribution in [0.4, 0.5) is 4.53 Å². The van der Waals surface area contributed by atoms with Gasteiger partial charge in [0.1, 0.15) is 31.0 Å². The van der Waals surface area contributed by atoms with E-state index in [1.807, 2.05) is 0 Å². The molecular formula is C7H12FO6. The monoisotopic (exact) mass is 211 g/mol. The minimum atomic E-state index is -1.54. The normalized spacial score (nSPS) is 40.9. The van der Waals surface area contributed by atoms with Crippen molar-refractivity contribution < 1.29 is 34.6 Å². The molecule has 1 saturated heterocycles. The van der Waals surface area contributed by atoms with Crippen molar-refractivity contribution >= 4 is 0 Å². The van der Waals surface area contributed by atoms with Gasteiger partial charge in [-0.2, -0.15) is 4.94 Å². The van der Waals surface area contributed by atoms with Crippen LogP contribution in [-0.2, 0) is 9.68 Å². The predicted molar refractivity (Wildman–Crippen MR) is 40.3 cm³/mol. The highest BCUT2D eigenvalue weighted by Gasteiger charge is 2.43. The number of hydrogen-bond donors (Lipinski definition) is 4. The Kier molecular flexibility index (Phi) is 4.17. The second-order valence-electron chi connectivity index (χ2n) is 3.02. The number of aliphatic hydroxyl groups excluding tert-OH is 4. The Morgan fingerprint density at radius 3 is 2.57 bits per heavy atom. The number of hydrogen-bond acceptors (Lipinski definition) is 6. The Labute approximate surface area is 79.4 Å². The van der Waals surface area contributed by atoms with E-state index in [2.05, 4.69) is 4.94 Å². The molecule has 5 unspecified atom stereocenters. The molecule has 0 saturated carbocycles. The molecule has 1 aliphatic heterocycles. The summed E-state index contributed by atoms with van der Waals surface area (Å²) in [6, 6.07) is 0. The first kappa shape index (κ1) is 11.8. The van der Waals surface area contributed by atoms with Crippen LogP contribution in [0, 0.1) is 6.61 Å². The minimum Gasteiger partial charge on any atom is -0.394 e. The van der Waals surface area contributed by atoms with Crippen molar-refractivity contribution in [1.29, 1.82) is 0 Å². The SMILES string of the molecule is OCC(O)C1O[CH]C(OF)C(O)C1O. The zero-order chi connectivity index (χ0) is 10.7. The number of ether oxygens (including phenoxy) is 1. The lowest BCUT2D eigenvalue weighted by Gasteiger charge is -2.36. The standard InChI is InChI=1S/C7H12FO6/c8-14-4-2-13-7(3(10)1-9)6(12)5(4)11/h2-7,9-12H,1H2. The van der Waals surface area contributed by atoms with Gasteiger partial charge < -0.3 is 25.2 Å². The maximum absolute atomic E-state index is 11.7. The van der Waals surface area contributed by atoms with Crippen LogP contribution in [0.15, 0.2) is 0 Å². The van der Waals surface area contributed by atoms with E-state index in [0.717, 1.165) is 6.61 Å². The Morgan fingerprint density at radius 2 is 2.07 bits per heavy atom. The van der Waals surface area contributed by atoms with Gasteiger partial charge in [0, 0.05) is 0 Å². The lowest BCUT2D eigenvalue weighted by Crippen LogP contribution is -2.55. The molecule has 0 aromatic carbocycles. The lowest BCUT2D eigenvalue weighted by molar-refractivity contribution is -0.264. The van der Waals surface area contributed by atoms with Crippen LogP contribution >= 0.6 is 0 Å². The largest absolute Gasteiger partial charge is 0.394 e. The van der Waals surface area contributed by atoms with Crippen LogP contribution in [0.3, 0.4) is 0 Å². The first-order valence-corrected chi connectivity index (χ1v) is 4.03. The summed E-state index contributed by atoms with van der Waals surface area (Å²) in [5.74, 6) is 0. The third-order valence-electron chi connectivity index (χ3n) is 2.06. The van der Waals surface area contributed by atoms with E-state index in [0.29, 0.717) is 0 Å². The molecule has 1 heterocycles. The Bertz CT molecular complexity index is 180. The third-order valence-corrected chi connectivity index (χ3v) is 2.06. The van der Waals surface area contributed by atoms with E-state index in [-0.39, 0.29) is 0 Å². The Morgan fingerprint density at radius 1 is 1.43 bits per heavy atom. The molecule has 0 bridgehead atoms. The fraction of sp³-hybridized carbons (Fsp3) is 0.857. The van der Waals surface area contributed by atoms with Gasteiger partial charge >= 0.3 is 0 Å². The third kappa shape index (κ3) is 2.19. The van der Waals surface area contributed by atoms with Gasteiger partial charge in [0.25, 0.3) is 0 Å². The molecular weight excluding hydrogens is 199 g/mol. The molecule has 0 spiro atoms. The van der Waals surface area contributed by atoms with Gasteiger partial charge in [-0.1, -0.05) is 0 Å². The Balaban J connectivity index is 2.59. The Hall–Kier alpha value is -0.310. The summed E-state index contributed by atoms with van der Waals surface area (Å²) < 4.78 is 16.4. The summed E-state index contributed by atoms with van der Waals surface area (Å²) in [6.45, 7) is 0.185. The van der Waals surface area contributed by atoms with Crippen LogP contribution in [0.1, 0.15) is 0 Å². The molecule has 1 rings (SSSR count). The summed E-state index contributed by atoms with van der Waals surface area (Å²) in [5.41, 5.74) is 0. The highest BCUT2D eigenvalue weighted by Crippen LogP contribution is 2.22. The van der Waals surface area contributed by atoms with E-state index in [4.69, 9.17) is 14.9 Å². The molecule has 1 fully saturated rings. The van der Waals surface area contributed by atoms with Crippen LogP contribution in [0.2, 0.25) is 0 Å². The average Bonchev–Trinajstić information content (AvgIpc) is 2.21. The molecule has 1 radical (unpaired) electrons. The average molecular weight is 211 g/mol. The molecule has 4 N–H and O–H groups in total. The van der Waals surface area contributed by atoms with Gasteiger partial charge in [-0.3, -0.25) is 0 Å². The van der Waals surface area contributed by atoms with E-state index in [1.54, 1.807) is 0 Å². The quantitative estimate of drug-likeness (QED) is 0.426. The van der Waals surface area contributed by atoms with Crippen LogP contribution < -0.4 is 0 Å². The van der Waals surface area contributed by atoms with E-state index >= 15 is 0 Å². The minimum absolute atomic E-state index is 0.635. The number of aliphatic hydroxyl groups is 4. The van der Waals surface area contributed by atoms with Crippen molar-refractivity contribution in [3.8, 4) is 0 Å². The molecule has 0 amide bonds. The molecule has 0 aromatic rings. The first-order valence-electron chi connectivity index (χ1n) is 4.03. The molecule has 14 heavy (non-hydrogen) atoms. The number of rotatable bonds is 3. The van der Waals surface area contributed by atoms with Crippen LogP contribution in [0.5, 0.6) is 0 Å². The van der Waals surface area contributed by atoms with Crippen molar-refractivity contribution in [1.82, 2.24) is 0 Å². The van der Waals surface area contributed by atoms with Gasteiger partial charge in [0.15, 0.2) is 6.10 Å². The number of halogens is 1. The van der Waals surface area contributed by atoms with Gasteiger partial charge in [-0.15, -0.1) is 0 Å². The molecule has 0 aromatic heterocycles. The van der Waals surface area contributed by atoms with Crippen molar-refractivity contribution in [3.05, 3.63) is 6.61 Å². The van der Waals surface area contributed by atoms with E-state index < -0.39 is 37.1 Å². The second kappa shape index (κ2) is 4.96. The van der Waals surface area contributed by atoms with E-state index in [9.17, 15) is 14.7 Å². The molecule has 0 aliphatic carbocycles. The van der Waals surface area contributed by atoms with Crippen molar-refractivity contribution in [2.45, 2.75) is 30.5 Å². The van der Waals surface area contributed by atoms with Gasteiger partial charge in [-0.05, 0) is 4.53 Å². The zero-order valence-electron chi connectivity index (χ0n) is 7.15. The summed E-state index contributed by atoms with van der Waals surface area (Å²) >= 11 is 0. The first-order chi connectivity index (χ1) is 6.61. The highest BCUT2D eigenvalue weighted by molar-refractivity contribution is 4.94. The summed E-state index contributed by atoms with van der Waals surface area (Å²) in [5, 5.41) is 36.3. The summed E-state index contributed by atoms with van der Waals surface area (Å²) in [7, 11) is 0. The molecule has 5 atom stereocenters. The van der Waals surface area contributed by atoms with Crippen molar-refractivity contribution in [2.75, 3.05) is 6.61 Å². The predicted octanol–water partition coefficient (Wildman–Crippen LogP) is -2.11. The molecule has 6 nitrogen and oxygen atoms in total. The van der Waals surface area contributed by atoms with Crippen molar-refractivity contribution in [2.24, 2.45) is 0 Å².